The summed E-state index contributed by atoms with van der Waals surface area (Å²) < 4.78 is 5.21. The van der Waals surface area contributed by atoms with Gasteiger partial charge in [-0.05, 0) is 32.4 Å². The third kappa shape index (κ3) is 4.75. The number of ether oxygens (including phenoxy) is 1. The van der Waals surface area contributed by atoms with Gasteiger partial charge in [-0.3, -0.25) is 4.79 Å². The minimum Gasteiger partial charge on any atom is -0.460 e. The normalized spacial score (nSPS) is 13.2. The Morgan fingerprint density at radius 3 is 2.53 bits per heavy atom. The molecule has 0 aliphatic carbocycles. The van der Waals surface area contributed by atoms with Crippen molar-refractivity contribution in [2.24, 2.45) is 5.73 Å². The first-order valence-electron chi connectivity index (χ1n) is 5.51. The zero-order valence-electron chi connectivity index (χ0n) is 10.4. The van der Waals surface area contributed by atoms with Crippen molar-refractivity contribution in [1.82, 2.24) is 0 Å². The quantitative estimate of drug-likeness (QED) is 0.845. The molecule has 0 fully saturated rings. The molecule has 1 rings (SSSR count). The molecule has 2 N–H and O–H groups in total. The van der Waals surface area contributed by atoms with E-state index in [0.29, 0.717) is 5.02 Å². The Bertz CT molecular complexity index is 399. The largest absolute Gasteiger partial charge is 0.460 e. The number of hydrogen-bond acceptors (Lipinski definition) is 3. The molecule has 0 amide bonds. The van der Waals surface area contributed by atoms with Gasteiger partial charge in [-0.25, -0.2) is 0 Å². The summed E-state index contributed by atoms with van der Waals surface area (Å²) in [4.78, 5) is 11.6. The number of esters is 1. The molecule has 0 spiro atoms. The molecule has 0 radical (unpaired) electrons. The second kappa shape index (κ2) is 5.52. The number of nitrogens with two attached hydrogens (primary N) is 1. The van der Waals surface area contributed by atoms with Crippen LogP contribution in [-0.4, -0.2) is 11.6 Å². The molecule has 1 aromatic rings. The van der Waals surface area contributed by atoms with Crippen LogP contribution in [0.4, 0.5) is 0 Å². The van der Waals surface area contributed by atoms with E-state index in [0.717, 1.165) is 5.56 Å². The summed E-state index contributed by atoms with van der Waals surface area (Å²) in [5, 5.41) is 0.573. The zero-order chi connectivity index (χ0) is 13.1. The van der Waals surface area contributed by atoms with Crippen molar-refractivity contribution in [3.05, 3.63) is 34.9 Å². The van der Waals surface area contributed by atoms with Crippen LogP contribution < -0.4 is 5.73 Å². The molecule has 0 aliphatic rings. The van der Waals surface area contributed by atoms with Gasteiger partial charge < -0.3 is 10.5 Å². The third-order valence-corrected chi connectivity index (χ3v) is 2.46. The first-order valence-corrected chi connectivity index (χ1v) is 5.89. The van der Waals surface area contributed by atoms with Gasteiger partial charge >= 0.3 is 5.97 Å². The van der Waals surface area contributed by atoms with Gasteiger partial charge in [-0.15, -0.1) is 0 Å². The molecule has 1 aromatic carbocycles. The Morgan fingerprint density at radius 1 is 1.41 bits per heavy atom. The Kier molecular flexibility index (Phi) is 4.54. The molecule has 1 atom stereocenters. The molecule has 0 saturated carbocycles. The highest BCUT2D eigenvalue weighted by Gasteiger charge is 2.20. The molecular weight excluding hydrogens is 238 g/mol. The topological polar surface area (TPSA) is 52.3 Å². The molecule has 0 heterocycles. The van der Waals surface area contributed by atoms with Crippen LogP contribution in [0.15, 0.2) is 24.3 Å². The molecule has 0 aromatic heterocycles. The summed E-state index contributed by atoms with van der Waals surface area (Å²) in [5.41, 5.74) is 6.21. The monoisotopic (exact) mass is 255 g/mol. The van der Waals surface area contributed by atoms with E-state index in [9.17, 15) is 4.79 Å². The van der Waals surface area contributed by atoms with E-state index in [-0.39, 0.29) is 12.4 Å². The molecule has 0 saturated heterocycles. The molecular formula is C13H18ClNO2. The lowest BCUT2D eigenvalue weighted by atomic mass is 10.0. The molecule has 0 aliphatic heterocycles. The Hall–Kier alpha value is -1.06. The second-order valence-electron chi connectivity index (χ2n) is 4.92. The predicted octanol–water partition coefficient (Wildman–Crippen LogP) is 3.07. The SMILES string of the molecule is CC(C)(C)OC(=O)CC(N)c1ccccc1Cl. The van der Waals surface area contributed by atoms with Crippen LogP contribution in [0.5, 0.6) is 0 Å². The Morgan fingerprint density at radius 2 is 2.00 bits per heavy atom. The summed E-state index contributed by atoms with van der Waals surface area (Å²) in [6, 6.07) is 6.81. The van der Waals surface area contributed by atoms with E-state index < -0.39 is 11.6 Å². The van der Waals surface area contributed by atoms with Gasteiger partial charge in [0.25, 0.3) is 0 Å². The van der Waals surface area contributed by atoms with Crippen LogP contribution >= 0.6 is 11.6 Å². The lowest BCUT2D eigenvalue weighted by Crippen LogP contribution is -2.26. The summed E-state index contributed by atoms with van der Waals surface area (Å²) in [7, 11) is 0. The number of hydrogen-bond donors (Lipinski definition) is 1. The number of rotatable bonds is 3. The van der Waals surface area contributed by atoms with Gasteiger partial charge in [-0.1, -0.05) is 29.8 Å². The van der Waals surface area contributed by atoms with Crippen molar-refractivity contribution in [3.63, 3.8) is 0 Å². The van der Waals surface area contributed by atoms with Gasteiger partial charge in [0.15, 0.2) is 0 Å². The van der Waals surface area contributed by atoms with Crippen molar-refractivity contribution in [2.75, 3.05) is 0 Å². The molecule has 4 heteroatoms. The fourth-order valence-electron chi connectivity index (χ4n) is 1.45. The van der Waals surface area contributed by atoms with Crippen LogP contribution in [0, 0.1) is 0 Å². The first kappa shape index (κ1) is 14.0. The van der Waals surface area contributed by atoms with Gasteiger partial charge in [0, 0.05) is 11.1 Å². The van der Waals surface area contributed by atoms with Crippen molar-refractivity contribution >= 4 is 17.6 Å². The lowest BCUT2D eigenvalue weighted by molar-refractivity contribution is -0.155. The Balaban J connectivity index is 2.64. The maximum absolute atomic E-state index is 11.6. The van der Waals surface area contributed by atoms with Crippen LogP contribution in [0.2, 0.25) is 5.02 Å². The van der Waals surface area contributed by atoms with E-state index >= 15 is 0 Å². The fraction of sp³-hybridized carbons (Fsp3) is 0.462. The summed E-state index contributed by atoms with van der Waals surface area (Å²) in [6.45, 7) is 5.48. The number of carbonyl (C=O) groups is 1. The number of halogens is 1. The zero-order valence-corrected chi connectivity index (χ0v) is 11.1. The van der Waals surface area contributed by atoms with Crippen molar-refractivity contribution in [2.45, 2.75) is 38.8 Å². The highest BCUT2D eigenvalue weighted by atomic mass is 35.5. The highest BCUT2D eigenvalue weighted by Crippen LogP contribution is 2.24. The van der Waals surface area contributed by atoms with Crippen molar-refractivity contribution in [3.8, 4) is 0 Å². The van der Waals surface area contributed by atoms with Crippen LogP contribution in [-0.2, 0) is 9.53 Å². The minimum absolute atomic E-state index is 0.126. The average Bonchev–Trinajstić information content (AvgIpc) is 2.14. The van der Waals surface area contributed by atoms with Crippen LogP contribution in [0.3, 0.4) is 0 Å². The molecule has 3 nitrogen and oxygen atoms in total. The fourth-order valence-corrected chi connectivity index (χ4v) is 1.72. The predicted molar refractivity (Wildman–Crippen MR) is 68.8 cm³/mol. The highest BCUT2D eigenvalue weighted by molar-refractivity contribution is 6.31. The Labute approximate surface area is 107 Å². The van der Waals surface area contributed by atoms with Gasteiger partial charge in [0.1, 0.15) is 5.60 Å². The summed E-state index contributed by atoms with van der Waals surface area (Å²) in [5.74, 6) is -0.315. The number of benzene rings is 1. The summed E-state index contributed by atoms with van der Waals surface area (Å²) >= 11 is 6.00. The second-order valence-corrected chi connectivity index (χ2v) is 5.33. The van der Waals surface area contributed by atoms with E-state index in [4.69, 9.17) is 22.1 Å². The molecule has 17 heavy (non-hydrogen) atoms. The smallest absolute Gasteiger partial charge is 0.308 e. The van der Waals surface area contributed by atoms with E-state index in [1.54, 1.807) is 6.07 Å². The maximum atomic E-state index is 11.6. The standard InChI is InChI=1S/C13H18ClNO2/c1-13(2,3)17-12(16)8-11(15)9-6-4-5-7-10(9)14/h4-7,11H,8,15H2,1-3H3. The van der Waals surface area contributed by atoms with E-state index in [1.807, 2.05) is 39.0 Å². The molecule has 1 unspecified atom stereocenters. The maximum Gasteiger partial charge on any atom is 0.308 e. The summed E-state index contributed by atoms with van der Waals surface area (Å²) in [6.07, 6.45) is 0.126. The van der Waals surface area contributed by atoms with Crippen molar-refractivity contribution < 1.29 is 9.53 Å². The minimum atomic E-state index is -0.489. The van der Waals surface area contributed by atoms with Crippen LogP contribution in [0.25, 0.3) is 0 Å². The number of carbonyl (C=O) groups excluding carboxylic acids is 1. The van der Waals surface area contributed by atoms with Crippen molar-refractivity contribution in [1.29, 1.82) is 0 Å². The first-order chi connectivity index (χ1) is 7.79. The van der Waals surface area contributed by atoms with Gasteiger partial charge in [-0.2, -0.15) is 0 Å². The van der Waals surface area contributed by atoms with E-state index in [2.05, 4.69) is 0 Å². The average molecular weight is 256 g/mol. The van der Waals surface area contributed by atoms with Gasteiger partial charge in [0.05, 0.1) is 6.42 Å². The molecule has 0 bridgehead atoms. The lowest BCUT2D eigenvalue weighted by Gasteiger charge is -2.21. The molecule has 94 valence electrons. The van der Waals surface area contributed by atoms with Crippen LogP contribution in [0.1, 0.15) is 38.8 Å². The third-order valence-electron chi connectivity index (χ3n) is 2.11. The van der Waals surface area contributed by atoms with E-state index in [1.165, 1.54) is 0 Å². The van der Waals surface area contributed by atoms with Gasteiger partial charge in [0.2, 0.25) is 0 Å².